The topological polar surface area (TPSA) is 58.6 Å². The van der Waals surface area contributed by atoms with Crippen LogP contribution in [0.1, 0.15) is 13.8 Å². The Kier molecular flexibility index (Phi) is 7.53. The van der Waals surface area contributed by atoms with Crippen molar-refractivity contribution in [1.82, 2.24) is 5.32 Å². The lowest BCUT2D eigenvalue weighted by Gasteiger charge is -2.21. The molecule has 0 aliphatic carbocycles. The van der Waals surface area contributed by atoms with E-state index in [-0.39, 0.29) is 5.75 Å². The van der Waals surface area contributed by atoms with Crippen LogP contribution in [-0.4, -0.2) is 53.2 Å². The Hall–Kier alpha value is -1.27. The molecular formula is C15H26N2O3S. The predicted molar refractivity (Wildman–Crippen MR) is 88.1 cm³/mol. The van der Waals surface area contributed by atoms with Crippen molar-refractivity contribution >= 4 is 15.5 Å². The minimum absolute atomic E-state index is 0.157. The molecule has 0 bridgehead atoms. The van der Waals surface area contributed by atoms with Crippen molar-refractivity contribution < 1.29 is 13.2 Å². The number of benzene rings is 1. The highest BCUT2D eigenvalue weighted by Gasteiger charge is 2.03. The summed E-state index contributed by atoms with van der Waals surface area (Å²) >= 11 is 0. The summed E-state index contributed by atoms with van der Waals surface area (Å²) in [5, 5.41) is 3.06. The predicted octanol–water partition coefficient (Wildman–Crippen LogP) is 1.55. The summed E-state index contributed by atoms with van der Waals surface area (Å²) in [4.78, 5) is 2.26. The van der Waals surface area contributed by atoms with E-state index in [1.54, 1.807) is 0 Å². The molecule has 0 unspecified atom stereocenters. The molecule has 0 aliphatic heterocycles. The van der Waals surface area contributed by atoms with Crippen molar-refractivity contribution in [3.05, 3.63) is 24.3 Å². The van der Waals surface area contributed by atoms with Gasteiger partial charge in [-0.05, 0) is 26.0 Å². The van der Waals surface area contributed by atoms with Crippen molar-refractivity contribution in [2.45, 2.75) is 13.8 Å². The van der Waals surface area contributed by atoms with Gasteiger partial charge in [-0.2, -0.15) is 0 Å². The molecule has 1 rings (SSSR count). The number of anilines is 1. The zero-order valence-corrected chi connectivity index (χ0v) is 13.9. The molecule has 0 saturated carbocycles. The molecule has 1 aromatic rings. The minimum atomic E-state index is -2.89. The van der Waals surface area contributed by atoms with E-state index in [0.29, 0.717) is 19.7 Å². The number of hydrogen-bond donors (Lipinski definition) is 1. The molecule has 6 heteroatoms. The third-order valence-corrected chi connectivity index (χ3v) is 4.09. The second-order valence-electron chi connectivity index (χ2n) is 4.90. The summed E-state index contributed by atoms with van der Waals surface area (Å²) < 4.78 is 27.6. The molecule has 0 radical (unpaired) electrons. The van der Waals surface area contributed by atoms with Gasteiger partial charge in [0.1, 0.15) is 22.2 Å². The number of nitrogens with one attached hydrogen (secondary N) is 1. The molecule has 21 heavy (non-hydrogen) atoms. The second kappa shape index (κ2) is 8.89. The fourth-order valence-corrected chi connectivity index (χ4v) is 2.50. The third kappa shape index (κ3) is 7.34. The molecule has 0 atom stereocenters. The fraction of sp³-hybridized carbons (Fsp3) is 0.600. The summed E-state index contributed by atoms with van der Waals surface area (Å²) in [5.74, 6) is 0.995. The van der Waals surface area contributed by atoms with Crippen molar-refractivity contribution in [1.29, 1.82) is 0 Å². The second-order valence-corrected chi connectivity index (χ2v) is 7.16. The van der Waals surface area contributed by atoms with Gasteiger partial charge in [0.2, 0.25) is 0 Å². The average Bonchev–Trinajstić information content (AvgIpc) is 2.43. The van der Waals surface area contributed by atoms with E-state index in [1.807, 2.05) is 18.2 Å². The Morgan fingerprint density at radius 2 is 1.90 bits per heavy atom. The fourth-order valence-electron chi connectivity index (χ4n) is 1.98. The first-order valence-corrected chi connectivity index (χ1v) is 9.38. The van der Waals surface area contributed by atoms with Crippen LogP contribution in [0.15, 0.2) is 24.3 Å². The van der Waals surface area contributed by atoms with Gasteiger partial charge in [0, 0.05) is 44.2 Å². The summed E-state index contributed by atoms with van der Waals surface area (Å²) in [5.41, 5.74) is 1.16. The van der Waals surface area contributed by atoms with E-state index in [9.17, 15) is 8.42 Å². The van der Waals surface area contributed by atoms with Crippen LogP contribution in [0.4, 0.5) is 5.69 Å². The van der Waals surface area contributed by atoms with Gasteiger partial charge < -0.3 is 15.0 Å². The van der Waals surface area contributed by atoms with Gasteiger partial charge in [-0.25, -0.2) is 8.42 Å². The first-order valence-electron chi connectivity index (χ1n) is 7.32. The van der Waals surface area contributed by atoms with E-state index in [2.05, 4.69) is 30.1 Å². The third-order valence-electron chi connectivity index (χ3n) is 3.14. The van der Waals surface area contributed by atoms with E-state index >= 15 is 0 Å². The van der Waals surface area contributed by atoms with Gasteiger partial charge in [-0.3, -0.25) is 0 Å². The number of ether oxygens (including phenoxy) is 1. The lowest BCUT2D eigenvalue weighted by atomic mass is 10.2. The van der Waals surface area contributed by atoms with Gasteiger partial charge in [0.25, 0.3) is 0 Å². The molecular weight excluding hydrogens is 288 g/mol. The molecule has 0 amide bonds. The summed E-state index contributed by atoms with van der Waals surface area (Å²) in [6, 6.07) is 8.03. The van der Waals surface area contributed by atoms with E-state index in [1.165, 1.54) is 6.26 Å². The number of sulfone groups is 1. The van der Waals surface area contributed by atoms with Gasteiger partial charge in [-0.1, -0.05) is 6.07 Å². The number of hydrogen-bond acceptors (Lipinski definition) is 5. The molecule has 1 N–H and O–H groups in total. The summed E-state index contributed by atoms with van der Waals surface area (Å²) in [6.07, 6.45) is 1.24. The van der Waals surface area contributed by atoms with Crippen LogP contribution in [0, 0.1) is 0 Å². The average molecular weight is 314 g/mol. The largest absolute Gasteiger partial charge is 0.492 e. The smallest absolute Gasteiger partial charge is 0.148 e. The SMILES string of the molecule is CCN(CC)c1cccc(OCCNCCS(C)(=O)=O)c1. The van der Waals surface area contributed by atoms with Gasteiger partial charge in [-0.15, -0.1) is 0 Å². The van der Waals surface area contributed by atoms with Crippen LogP contribution in [-0.2, 0) is 9.84 Å². The highest BCUT2D eigenvalue weighted by molar-refractivity contribution is 7.90. The van der Waals surface area contributed by atoms with Gasteiger partial charge >= 0.3 is 0 Å². The molecule has 120 valence electrons. The number of rotatable bonds is 10. The van der Waals surface area contributed by atoms with E-state index < -0.39 is 9.84 Å². The van der Waals surface area contributed by atoms with Crippen LogP contribution in [0.3, 0.4) is 0 Å². The molecule has 1 aromatic carbocycles. The summed E-state index contributed by atoms with van der Waals surface area (Å²) in [7, 11) is -2.89. The quantitative estimate of drug-likeness (QED) is 0.664. The van der Waals surface area contributed by atoms with Crippen LogP contribution in [0.25, 0.3) is 0 Å². The van der Waals surface area contributed by atoms with Crippen LogP contribution in [0.2, 0.25) is 0 Å². The van der Waals surface area contributed by atoms with Crippen molar-refractivity contribution in [2.24, 2.45) is 0 Å². The first-order chi connectivity index (χ1) is 9.96. The van der Waals surface area contributed by atoms with Crippen molar-refractivity contribution in [3.8, 4) is 5.75 Å². The van der Waals surface area contributed by atoms with Crippen LogP contribution < -0.4 is 15.0 Å². The van der Waals surface area contributed by atoms with Crippen LogP contribution in [0.5, 0.6) is 5.75 Å². The zero-order chi connectivity index (χ0) is 15.7. The highest BCUT2D eigenvalue weighted by atomic mass is 32.2. The monoisotopic (exact) mass is 314 g/mol. The van der Waals surface area contributed by atoms with E-state index in [0.717, 1.165) is 24.5 Å². The zero-order valence-electron chi connectivity index (χ0n) is 13.1. The Morgan fingerprint density at radius 3 is 2.52 bits per heavy atom. The van der Waals surface area contributed by atoms with Crippen molar-refractivity contribution in [2.75, 3.05) is 49.7 Å². The first kappa shape index (κ1) is 17.8. The molecule has 0 aliphatic rings. The Labute approximate surface area is 128 Å². The minimum Gasteiger partial charge on any atom is -0.492 e. The van der Waals surface area contributed by atoms with Gasteiger partial charge in [0.05, 0.1) is 5.75 Å². The van der Waals surface area contributed by atoms with E-state index in [4.69, 9.17) is 4.74 Å². The lowest BCUT2D eigenvalue weighted by molar-refractivity contribution is 0.315. The maximum atomic E-state index is 11.0. The number of nitrogens with zero attached hydrogens (tertiary/aromatic N) is 1. The molecule has 0 aromatic heterocycles. The molecule has 0 fully saturated rings. The van der Waals surface area contributed by atoms with Crippen LogP contribution >= 0.6 is 0 Å². The molecule has 0 heterocycles. The Bertz CT molecular complexity index is 513. The van der Waals surface area contributed by atoms with Crippen molar-refractivity contribution in [3.63, 3.8) is 0 Å². The lowest BCUT2D eigenvalue weighted by Crippen LogP contribution is -2.26. The maximum Gasteiger partial charge on any atom is 0.148 e. The normalized spacial score (nSPS) is 11.4. The maximum absolute atomic E-state index is 11.0. The standard InChI is InChI=1S/C15H26N2O3S/c1-4-17(5-2)14-7-6-8-15(13-14)20-11-9-16-10-12-21(3,18)19/h6-8,13,16H,4-5,9-12H2,1-3H3. The Morgan fingerprint density at radius 1 is 1.19 bits per heavy atom. The molecule has 0 saturated heterocycles. The Balaban J connectivity index is 2.34. The molecule has 5 nitrogen and oxygen atoms in total. The highest BCUT2D eigenvalue weighted by Crippen LogP contribution is 2.20. The van der Waals surface area contributed by atoms with Gasteiger partial charge in [0.15, 0.2) is 0 Å². The molecule has 0 spiro atoms. The summed E-state index contributed by atoms with van der Waals surface area (Å²) in [6.45, 7) is 7.80.